The van der Waals surface area contributed by atoms with E-state index in [-0.39, 0.29) is 19.9 Å². The standard InChI is InChI=1S/C19H18N4O5/c1-19(15-4-2-3-7-20-15)17(25)23(18(26)22-19)10-16(24)21-9-12-5-6-13-14(8-12)28-11-27-13/h2-8H,9-11H2,1H3,(H,21,24)(H,22,26). The van der Waals surface area contributed by atoms with Gasteiger partial charge < -0.3 is 20.1 Å². The molecule has 4 amide bonds. The van der Waals surface area contributed by atoms with Crippen molar-refractivity contribution in [1.29, 1.82) is 0 Å². The summed E-state index contributed by atoms with van der Waals surface area (Å²) in [5.74, 6) is 0.302. The first-order valence-electron chi connectivity index (χ1n) is 8.68. The minimum absolute atomic E-state index is 0.173. The Morgan fingerprint density at radius 3 is 2.86 bits per heavy atom. The van der Waals surface area contributed by atoms with E-state index in [4.69, 9.17) is 9.47 Å². The lowest BCUT2D eigenvalue weighted by molar-refractivity contribution is -0.135. The summed E-state index contributed by atoms with van der Waals surface area (Å²) in [5.41, 5.74) is -0.0691. The molecule has 1 saturated heterocycles. The predicted octanol–water partition coefficient (Wildman–Crippen LogP) is 0.894. The Bertz CT molecular complexity index is 949. The van der Waals surface area contributed by atoms with Crippen LogP contribution in [0.5, 0.6) is 11.5 Å². The van der Waals surface area contributed by atoms with Crippen LogP contribution in [0.4, 0.5) is 4.79 Å². The highest BCUT2D eigenvalue weighted by molar-refractivity contribution is 6.08. The van der Waals surface area contributed by atoms with Gasteiger partial charge in [0.2, 0.25) is 12.7 Å². The Labute approximate surface area is 160 Å². The smallest absolute Gasteiger partial charge is 0.325 e. The van der Waals surface area contributed by atoms with Crippen molar-refractivity contribution in [3.05, 3.63) is 53.9 Å². The average Bonchev–Trinajstić information content (AvgIpc) is 3.25. The van der Waals surface area contributed by atoms with E-state index >= 15 is 0 Å². The Morgan fingerprint density at radius 2 is 2.07 bits per heavy atom. The maximum absolute atomic E-state index is 12.8. The summed E-state index contributed by atoms with van der Waals surface area (Å²) >= 11 is 0. The summed E-state index contributed by atoms with van der Waals surface area (Å²) in [6.07, 6.45) is 1.54. The molecule has 1 aromatic heterocycles. The fourth-order valence-electron chi connectivity index (χ4n) is 3.12. The first kappa shape index (κ1) is 17.8. The van der Waals surface area contributed by atoms with Gasteiger partial charge >= 0.3 is 6.03 Å². The molecule has 2 aliphatic rings. The van der Waals surface area contributed by atoms with Gasteiger partial charge in [-0.2, -0.15) is 0 Å². The summed E-state index contributed by atoms with van der Waals surface area (Å²) in [6.45, 7) is 1.60. The number of pyridine rings is 1. The third-order valence-corrected chi connectivity index (χ3v) is 4.68. The summed E-state index contributed by atoms with van der Waals surface area (Å²) in [6, 6.07) is 9.81. The second-order valence-corrected chi connectivity index (χ2v) is 6.63. The summed E-state index contributed by atoms with van der Waals surface area (Å²) in [4.78, 5) is 42.4. The van der Waals surface area contributed by atoms with Gasteiger partial charge in [-0.05, 0) is 36.8 Å². The van der Waals surface area contributed by atoms with Crippen LogP contribution in [0, 0.1) is 0 Å². The van der Waals surface area contributed by atoms with Crippen molar-refractivity contribution >= 4 is 17.8 Å². The Balaban J connectivity index is 1.39. The number of urea groups is 1. The summed E-state index contributed by atoms with van der Waals surface area (Å²) < 4.78 is 10.5. The molecule has 0 spiro atoms. The fraction of sp³-hybridized carbons (Fsp3) is 0.263. The van der Waals surface area contributed by atoms with Crippen LogP contribution in [0.3, 0.4) is 0 Å². The van der Waals surface area contributed by atoms with Crippen LogP contribution in [0.15, 0.2) is 42.6 Å². The number of hydrogen-bond acceptors (Lipinski definition) is 6. The monoisotopic (exact) mass is 382 g/mol. The Morgan fingerprint density at radius 1 is 1.25 bits per heavy atom. The minimum Gasteiger partial charge on any atom is -0.454 e. The van der Waals surface area contributed by atoms with E-state index in [1.807, 2.05) is 0 Å². The fourth-order valence-corrected chi connectivity index (χ4v) is 3.12. The normalized spacial score (nSPS) is 20.2. The van der Waals surface area contributed by atoms with Crippen molar-refractivity contribution in [3.8, 4) is 11.5 Å². The minimum atomic E-state index is -1.30. The molecule has 1 unspecified atom stereocenters. The molecule has 3 heterocycles. The Kier molecular flexibility index (Phi) is 4.34. The van der Waals surface area contributed by atoms with E-state index < -0.39 is 23.4 Å². The summed E-state index contributed by atoms with van der Waals surface area (Å²) in [5, 5.41) is 5.32. The highest BCUT2D eigenvalue weighted by Crippen LogP contribution is 2.32. The number of nitrogens with one attached hydrogen (secondary N) is 2. The highest BCUT2D eigenvalue weighted by atomic mass is 16.7. The largest absolute Gasteiger partial charge is 0.454 e. The number of carbonyl (C=O) groups is 3. The van der Waals surface area contributed by atoms with E-state index in [0.29, 0.717) is 17.2 Å². The molecule has 0 aliphatic carbocycles. The first-order chi connectivity index (χ1) is 13.5. The van der Waals surface area contributed by atoms with Crippen molar-refractivity contribution in [2.24, 2.45) is 0 Å². The van der Waals surface area contributed by atoms with E-state index in [1.165, 1.54) is 0 Å². The molecular formula is C19H18N4O5. The van der Waals surface area contributed by atoms with E-state index in [9.17, 15) is 14.4 Å². The van der Waals surface area contributed by atoms with Crippen LogP contribution in [0.25, 0.3) is 0 Å². The molecule has 1 atom stereocenters. The van der Waals surface area contributed by atoms with Gasteiger partial charge in [-0.1, -0.05) is 12.1 Å². The molecule has 2 N–H and O–H groups in total. The molecule has 0 bridgehead atoms. The van der Waals surface area contributed by atoms with Gasteiger partial charge in [-0.3, -0.25) is 19.5 Å². The Hall–Kier alpha value is -3.62. The number of imide groups is 1. The van der Waals surface area contributed by atoms with Crippen molar-refractivity contribution in [2.75, 3.05) is 13.3 Å². The van der Waals surface area contributed by atoms with Crippen molar-refractivity contribution in [2.45, 2.75) is 19.0 Å². The van der Waals surface area contributed by atoms with Crippen LogP contribution in [-0.2, 0) is 21.7 Å². The maximum atomic E-state index is 12.8. The molecule has 4 rings (SSSR count). The zero-order valence-corrected chi connectivity index (χ0v) is 15.1. The lowest BCUT2D eigenvalue weighted by Crippen LogP contribution is -2.43. The first-order valence-corrected chi connectivity index (χ1v) is 8.68. The number of amides is 4. The lowest BCUT2D eigenvalue weighted by atomic mass is 9.97. The number of carbonyl (C=O) groups excluding carboxylic acids is 3. The van der Waals surface area contributed by atoms with E-state index in [0.717, 1.165) is 10.5 Å². The zero-order valence-electron chi connectivity index (χ0n) is 15.1. The molecule has 0 radical (unpaired) electrons. The third kappa shape index (κ3) is 3.11. The second-order valence-electron chi connectivity index (χ2n) is 6.63. The maximum Gasteiger partial charge on any atom is 0.325 e. The van der Waals surface area contributed by atoms with Gasteiger partial charge in [0.25, 0.3) is 5.91 Å². The van der Waals surface area contributed by atoms with Crippen molar-refractivity contribution in [3.63, 3.8) is 0 Å². The van der Waals surface area contributed by atoms with Gasteiger partial charge in [-0.15, -0.1) is 0 Å². The topological polar surface area (TPSA) is 110 Å². The average molecular weight is 382 g/mol. The molecule has 1 aromatic carbocycles. The number of nitrogens with zero attached hydrogens (tertiary/aromatic N) is 2. The number of hydrogen-bond donors (Lipinski definition) is 2. The van der Waals surface area contributed by atoms with Crippen LogP contribution >= 0.6 is 0 Å². The van der Waals surface area contributed by atoms with Crippen LogP contribution in [0.2, 0.25) is 0 Å². The SMILES string of the molecule is CC1(c2ccccn2)NC(=O)N(CC(=O)NCc2ccc3c(c2)OCO3)C1=O. The van der Waals surface area contributed by atoms with Crippen LogP contribution in [-0.4, -0.2) is 41.1 Å². The van der Waals surface area contributed by atoms with E-state index in [2.05, 4.69) is 15.6 Å². The van der Waals surface area contributed by atoms with Gasteiger partial charge in [0.05, 0.1) is 5.69 Å². The quantitative estimate of drug-likeness (QED) is 0.744. The number of fused-ring (bicyclic) bond motifs is 1. The van der Waals surface area contributed by atoms with Crippen molar-refractivity contribution in [1.82, 2.24) is 20.5 Å². The van der Waals surface area contributed by atoms with Gasteiger partial charge in [-0.25, -0.2) is 4.79 Å². The number of aromatic nitrogens is 1. The number of rotatable bonds is 5. The molecule has 144 valence electrons. The van der Waals surface area contributed by atoms with Gasteiger partial charge in [0.15, 0.2) is 17.0 Å². The molecule has 28 heavy (non-hydrogen) atoms. The molecular weight excluding hydrogens is 364 g/mol. The predicted molar refractivity (Wildman–Crippen MR) is 96.2 cm³/mol. The molecule has 2 aliphatic heterocycles. The molecule has 2 aromatic rings. The lowest BCUT2D eigenvalue weighted by Gasteiger charge is -2.20. The summed E-state index contributed by atoms with van der Waals surface area (Å²) in [7, 11) is 0. The molecule has 0 saturated carbocycles. The van der Waals surface area contributed by atoms with Gasteiger partial charge in [0.1, 0.15) is 6.54 Å². The van der Waals surface area contributed by atoms with Gasteiger partial charge in [0, 0.05) is 12.7 Å². The molecule has 1 fully saturated rings. The van der Waals surface area contributed by atoms with E-state index in [1.54, 1.807) is 49.5 Å². The zero-order chi connectivity index (χ0) is 19.7. The highest BCUT2D eigenvalue weighted by Gasteiger charge is 2.50. The van der Waals surface area contributed by atoms with Crippen LogP contribution in [0.1, 0.15) is 18.2 Å². The third-order valence-electron chi connectivity index (χ3n) is 4.68. The second kappa shape index (κ2) is 6.84. The number of ether oxygens (including phenoxy) is 2. The molecule has 9 heteroatoms. The number of benzene rings is 1. The molecule has 9 nitrogen and oxygen atoms in total. The van der Waals surface area contributed by atoms with Crippen molar-refractivity contribution < 1.29 is 23.9 Å². The van der Waals surface area contributed by atoms with Crippen LogP contribution < -0.4 is 20.1 Å².